The van der Waals surface area contributed by atoms with E-state index in [0.717, 1.165) is 0 Å². The molecule has 1 rings (SSSR count). The molecule has 0 bridgehead atoms. The first kappa shape index (κ1) is 22.5. The predicted molar refractivity (Wildman–Crippen MR) is 44.5 cm³/mol. The number of hydrogen-bond acceptors (Lipinski definition) is 0. The molecule has 0 spiro atoms. The maximum absolute atomic E-state index is 2.89. The molecule has 10 heavy (non-hydrogen) atoms. The fourth-order valence-corrected chi connectivity index (χ4v) is 0.342. The minimum Gasteiger partial charge on any atom is -0.358 e. The summed E-state index contributed by atoms with van der Waals surface area (Å²) < 4.78 is 0. The smallest absolute Gasteiger partial charge is 0 e. The van der Waals surface area contributed by atoms with Gasteiger partial charge in [0.1, 0.15) is 0 Å². The van der Waals surface area contributed by atoms with Crippen molar-refractivity contribution in [3.05, 3.63) is 58.7 Å². The Balaban J connectivity index is -0.0000000450. The second kappa shape index (κ2) is 15.9. The van der Waals surface area contributed by atoms with Crippen LogP contribution in [0.15, 0.2) is 30.3 Å². The van der Waals surface area contributed by atoms with Crippen molar-refractivity contribution in [2.24, 2.45) is 0 Å². The normalized spacial score (nSPS) is 4.80. The summed E-state index contributed by atoms with van der Waals surface area (Å²) in [7, 11) is 0. The molecule has 0 nitrogen and oxygen atoms in total. The van der Waals surface area contributed by atoms with Crippen molar-refractivity contribution in [3.63, 3.8) is 0 Å². The molecular weight excluding hydrogens is 173 g/mol. The van der Waals surface area contributed by atoms with E-state index in [2.05, 4.69) is 6.07 Å². The summed E-state index contributed by atoms with van der Waals surface area (Å²) in [5.74, 6) is 0. The third-order valence-corrected chi connectivity index (χ3v) is 0.607. The summed E-state index contributed by atoms with van der Waals surface area (Å²) >= 11 is 0. The van der Waals surface area contributed by atoms with Crippen LogP contribution in [0.2, 0.25) is 0 Å². The average Bonchev–Trinajstić information content (AvgIpc) is 1.72. The van der Waals surface area contributed by atoms with Crippen LogP contribution >= 0.6 is 0 Å². The average molecular weight is 188 g/mol. The van der Waals surface area contributed by atoms with Gasteiger partial charge < -0.3 is 22.3 Å². The SMILES string of the molecule is [CH3-].[CH3-].[CH3-].[Zn].[c-]1ccccc1. The molecule has 0 unspecified atom stereocenters. The van der Waals surface area contributed by atoms with Gasteiger partial charge in [0.2, 0.25) is 0 Å². The Bertz CT molecular complexity index is 76.7. The Morgan fingerprint density at radius 1 is 0.700 bits per heavy atom. The van der Waals surface area contributed by atoms with Gasteiger partial charge in [-0.25, -0.2) is 0 Å². The van der Waals surface area contributed by atoms with E-state index in [4.69, 9.17) is 0 Å². The van der Waals surface area contributed by atoms with Gasteiger partial charge in [-0.1, -0.05) is 0 Å². The number of benzene rings is 1. The van der Waals surface area contributed by atoms with E-state index in [1.165, 1.54) is 0 Å². The van der Waals surface area contributed by atoms with Gasteiger partial charge in [-0.2, -0.15) is 36.4 Å². The van der Waals surface area contributed by atoms with Gasteiger partial charge in [-0.05, 0) is 0 Å². The van der Waals surface area contributed by atoms with Crippen LogP contribution in [-0.2, 0) is 19.5 Å². The molecule has 1 aromatic carbocycles. The summed E-state index contributed by atoms with van der Waals surface area (Å²) in [6.07, 6.45) is 0. The van der Waals surface area contributed by atoms with Crippen LogP contribution in [0.25, 0.3) is 0 Å². The molecule has 0 fully saturated rings. The van der Waals surface area contributed by atoms with E-state index in [1.54, 1.807) is 0 Å². The van der Waals surface area contributed by atoms with Crippen molar-refractivity contribution in [3.8, 4) is 0 Å². The molecule has 0 radical (unpaired) electrons. The van der Waals surface area contributed by atoms with E-state index < -0.39 is 0 Å². The van der Waals surface area contributed by atoms with Crippen LogP contribution in [0.3, 0.4) is 0 Å². The molecule has 1 aromatic rings. The zero-order valence-corrected chi connectivity index (χ0v) is 10.1. The first-order chi connectivity index (χ1) is 3.00. The fraction of sp³-hybridized carbons (Fsp3) is 0. The van der Waals surface area contributed by atoms with Crippen molar-refractivity contribution in [2.45, 2.75) is 0 Å². The fourth-order valence-electron chi connectivity index (χ4n) is 0.342. The third-order valence-electron chi connectivity index (χ3n) is 0.607. The van der Waals surface area contributed by atoms with E-state index in [9.17, 15) is 0 Å². The van der Waals surface area contributed by atoms with Gasteiger partial charge >= 0.3 is 0 Å². The van der Waals surface area contributed by atoms with Gasteiger partial charge in [-0.15, -0.1) is 0 Å². The molecule has 0 amide bonds. The monoisotopic (exact) mass is 186 g/mol. The van der Waals surface area contributed by atoms with Crippen LogP contribution in [0.5, 0.6) is 0 Å². The standard InChI is InChI=1S/C6H5.3CH3.Zn/c1-2-4-6-5-3-1;;;;/h1-5H;3*1H3;/q4*-1;. The second-order valence-corrected chi connectivity index (χ2v) is 1.08. The van der Waals surface area contributed by atoms with Crippen LogP contribution in [0.4, 0.5) is 0 Å². The molecule has 0 aromatic heterocycles. The van der Waals surface area contributed by atoms with Crippen LogP contribution in [0, 0.1) is 28.3 Å². The van der Waals surface area contributed by atoms with Crippen molar-refractivity contribution < 1.29 is 19.5 Å². The van der Waals surface area contributed by atoms with E-state index in [1.807, 2.05) is 30.3 Å². The van der Waals surface area contributed by atoms with Gasteiger partial charge in [-0.3, -0.25) is 0 Å². The maximum Gasteiger partial charge on any atom is 0 e. The van der Waals surface area contributed by atoms with Crippen molar-refractivity contribution in [1.82, 2.24) is 0 Å². The van der Waals surface area contributed by atoms with Gasteiger partial charge in [0.25, 0.3) is 0 Å². The molecule has 0 saturated carbocycles. The summed E-state index contributed by atoms with van der Waals surface area (Å²) in [6.45, 7) is 0. The molecule has 0 aliphatic carbocycles. The molecule has 0 N–H and O–H groups in total. The molecule has 1 heteroatoms. The number of hydrogen-bond donors (Lipinski definition) is 0. The second-order valence-electron chi connectivity index (χ2n) is 1.08. The Labute approximate surface area is 78.4 Å². The van der Waals surface area contributed by atoms with E-state index >= 15 is 0 Å². The molecule has 0 atom stereocenters. The Morgan fingerprint density at radius 2 is 1.10 bits per heavy atom. The van der Waals surface area contributed by atoms with Crippen LogP contribution in [-0.4, -0.2) is 0 Å². The van der Waals surface area contributed by atoms with Crippen LogP contribution in [0.1, 0.15) is 0 Å². The Hall–Kier alpha value is -0.157. The van der Waals surface area contributed by atoms with Crippen LogP contribution < -0.4 is 0 Å². The molecule has 0 saturated heterocycles. The minimum atomic E-state index is 0. The van der Waals surface area contributed by atoms with E-state index in [0.29, 0.717) is 0 Å². The van der Waals surface area contributed by atoms with Gasteiger partial charge in [0.05, 0.1) is 0 Å². The molecule has 0 heterocycles. The van der Waals surface area contributed by atoms with E-state index in [-0.39, 0.29) is 41.8 Å². The zero-order valence-electron chi connectivity index (χ0n) is 7.09. The van der Waals surface area contributed by atoms with Crippen molar-refractivity contribution >= 4 is 0 Å². The third kappa shape index (κ3) is 10.8. The maximum atomic E-state index is 2.89. The summed E-state index contributed by atoms with van der Waals surface area (Å²) in [5, 5.41) is 0. The van der Waals surface area contributed by atoms with Crippen molar-refractivity contribution in [1.29, 1.82) is 0 Å². The molecule has 0 aliphatic heterocycles. The first-order valence-corrected chi connectivity index (χ1v) is 1.91. The molecule has 0 aliphatic rings. The zero-order chi connectivity index (χ0) is 4.24. The summed E-state index contributed by atoms with van der Waals surface area (Å²) in [6, 6.07) is 12.5. The minimum absolute atomic E-state index is 0. The summed E-state index contributed by atoms with van der Waals surface area (Å²) in [4.78, 5) is 0. The Kier molecular flexibility index (Phi) is 35.9. The Morgan fingerprint density at radius 3 is 1.20 bits per heavy atom. The summed E-state index contributed by atoms with van der Waals surface area (Å²) in [5.41, 5.74) is 0. The van der Waals surface area contributed by atoms with Gasteiger partial charge in [0.15, 0.2) is 0 Å². The quantitative estimate of drug-likeness (QED) is 0.433. The van der Waals surface area contributed by atoms with Crippen molar-refractivity contribution in [2.75, 3.05) is 0 Å². The molecular formula is C9H14Zn-4. The van der Waals surface area contributed by atoms with Gasteiger partial charge in [0, 0.05) is 19.5 Å². The predicted octanol–water partition coefficient (Wildman–Crippen LogP) is 2.84. The molecule has 56 valence electrons. The largest absolute Gasteiger partial charge is 0.358 e. The number of rotatable bonds is 0. The topological polar surface area (TPSA) is 0 Å². The first-order valence-electron chi connectivity index (χ1n) is 1.91.